The molecule has 1 aromatic rings. The number of benzene rings is 1. The van der Waals surface area contributed by atoms with Gasteiger partial charge < -0.3 is 5.32 Å². The van der Waals surface area contributed by atoms with E-state index < -0.39 is 15.9 Å². The molecule has 0 saturated heterocycles. The summed E-state index contributed by atoms with van der Waals surface area (Å²) in [6, 6.07) is 3.37. The topological polar surface area (TPSA) is 89.3 Å². The predicted molar refractivity (Wildman–Crippen MR) is 71.2 cm³/mol. The zero-order valence-corrected chi connectivity index (χ0v) is 11.7. The van der Waals surface area contributed by atoms with Crippen molar-refractivity contribution in [2.24, 2.45) is 5.14 Å². The summed E-state index contributed by atoms with van der Waals surface area (Å²) in [6.07, 6.45) is 0. The van der Waals surface area contributed by atoms with Crippen molar-refractivity contribution in [3.63, 3.8) is 0 Å². The normalized spacial score (nSPS) is 11.3. The minimum absolute atomic E-state index is 0.0408. The average Bonchev–Trinajstić information content (AvgIpc) is 2.21. The van der Waals surface area contributed by atoms with E-state index in [0.717, 1.165) is 11.1 Å². The van der Waals surface area contributed by atoms with Gasteiger partial charge in [-0.3, -0.25) is 4.79 Å². The molecule has 3 N–H and O–H groups in total. The summed E-state index contributed by atoms with van der Waals surface area (Å²) in [6.45, 7) is 3.72. The van der Waals surface area contributed by atoms with Crippen LogP contribution in [0.4, 0.5) is 0 Å². The molecule has 18 heavy (non-hydrogen) atoms. The molecule has 0 aliphatic rings. The van der Waals surface area contributed by atoms with Crippen LogP contribution < -0.4 is 10.5 Å². The zero-order valence-electron chi connectivity index (χ0n) is 10.2. The highest BCUT2D eigenvalue weighted by molar-refractivity contribution is 7.89. The summed E-state index contributed by atoms with van der Waals surface area (Å²) in [7, 11) is -3.57. The SMILES string of the molecule is Cc1cc(Cl)c(C(=O)NCCS(N)(=O)=O)cc1C. The summed E-state index contributed by atoms with van der Waals surface area (Å²) in [5.41, 5.74) is 2.26. The van der Waals surface area contributed by atoms with Crippen molar-refractivity contribution >= 4 is 27.5 Å². The Bertz CT molecular complexity index is 570. The Labute approximate surface area is 111 Å². The maximum atomic E-state index is 11.8. The number of carbonyl (C=O) groups is 1. The number of nitrogens with one attached hydrogen (secondary N) is 1. The highest BCUT2D eigenvalue weighted by Crippen LogP contribution is 2.20. The van der Waals surface area contributed by atoms with Crippen LogP contribution >= 0.6 is 11.6 Å². The second-order valence-electron chi connectivity index (χ2n) is 4.04. The van der Waals surface area contributed by atoms with Gasteiger partial charge in [0.25, 0.3) is 5.91 Å². The van der Waals surface area contributed by atoms with E-state index >= 15 is 0 Å². The van der Waals surface area contributed by atoms with Gasteiger partial charge in [0.1, 0.15) is 0 Å². The lowest BCUT2D eigenvalue weighted by Crippen LogP contribution is -2.31. The first-order valence-corrected chi connectivity index (χ1v) is 7.35. The van der Waals surface area contributed by atoms with Crippen LogP contribution in [0.2, 0.25) is 5.02 Å². The Kier molecular flexibility index (Phi) is 4.72. The maximum Gasteiger partial charge on any atom is 0.252 e. The van der Waals surface area contributed by atoms with E-state index in [2.05, 4.69) is 5.32 Å². The lowest BCUT2D eigenvalue weighted by atomic mass is 10.1. The maximum absolute atomic E-state index is 11.8. The van der Waals surface area contributed by atoms with Crippen molar-refractivity contribution in [2.45, 2.75) is 13.8 Å². The molecule has 0 radical (unpaired) electrons. The number of primary sulfonamides is 1. The molecule has 0 aromatic heterocycles. The third-order valence-corrected chi connectivity index (χ3v) is 3.59. The third-order valence-electron chi connectivity index (χ3n) is 2.50. The van der Waals surface area contributed by atoms with Crippen LogP contribution in [0.1, 0.15) is 21.5 Å². The van der Waals surface area contributed by atoms with Crippen molar-refractivity contribution in [2.75, 3.05) is 12.3 Å². The van der Waals surface area contributed by atoms with E-state index in [4.69, 9.17) is 16.7 Å². The molecule has 0 saturated carbocycles. The van der Waals surface area contributed by atoms with E-state index in [-0.39, 0.29) is 12.3 Å². The minimum Gasteiger partial charge on any atom is -0.351 e. The molecule has 1 rings (SSSR count). The number of amides is 1. The summed E-state index contributed by atoms with van der Waals surface area (Å²) in [4.78, 5) is 11.8. The van der Waals surface area contributed by atoms with Crippen LogP contribution in [0.25, 0.3) is 0 Å². The number of sulfonamides is 1. The van der Waals surface area contributed by atoms with Crippen LogP contribution in [0, 0.1) is 13.8 Å². The molecule has 100 valence electrons. The van der Waals surface area contributed by atoms with Gasteiger partial charge >= 0.3 is 0 Å². The van der Waals surface area contributed by atoms with Gasteiger partial charge in [-0.2, -0.15) is 0 Å². The molecule has 1 aromatic carbocycles. The van der Waals surface area contributed by atoms with Gasteiger partial charge in [0, 0.05) is 6.54 Å². The first-order valence-electron chi connectivity index (χ1n) is 5.26. The quantitative estimate of drug-likeness (QED) is 0.866. The van der Waals surface area contributed by atoms with E-state index in [1.54, 1.807) is 12.1 Å². The van der Waals surface area contributed by atoms with E-state index in [1.165, 1.54) is 0 Å². The fourth-order valence-electron chi connectivity index (χ4n) is 1.36. The first kappa shape index (κ1) is 14.9. The number of hydrogen-bond acceptors (Lipinski definition) is 3. The molecule has 0 unspecified atom stereocenters. The molecular weight excluding hydrogens is 276 g/mol. The predicted octanol–water partition coefficient (Wildman–Crippen LogP) is 0.975. The van der Waals surface area contributed by atoms with Crippen LogP contribution in [-0.4, -0.2) is 26.6 Å². The average molecular weight is 291 g/mol. The van der Waals surface area contributed by atoms with Gasteiger partial charge in [-0.15, -0.1) is 0 Å². The number of hydrogen-bond donors (Lipinski definition) is 2. The van der Waals surface area contributed by atoms with Gasteiger partial charge in [0.05, 0.1) is 16.3 Å². The number of nitrogens with two attached hydrogens (primary N) is 1. The van der Waals surface area contributed by atoms with Crippen molar-refractivity contribution in [3.05, 3.63) is 33.8 Å². The van der Waals surface area contributed by atoms with E-state index in [9.17, 15) is 13.2 Å². The summed E-state index contributed by atoms with van der Waals surface area (Å²) >= 11 is 5.96. The molecule has 0 aliphatic carbocycles. The van der Waals surface area contributed by atoms with Gasteiger partial charge in [-0.25, -0.2) is 13.6 Å². The third kappa shape index (κ3) is 4.29. The fourth-order valence-corrected chi connectivity index (χ4v) is 2.05. The van der Waals surface area contributed by atoms with E-state index in [0.29, 0.717) is 10.6 Å². The van der Waals surface area contributed by atoms with E-state index in [1.807, 2.05) is 13.8 Å². The Morgan fingerprint density at radius 1 is 1.33 bits per heavy atom. The van der Waals surface area contributed by atoms with Crippen LogP contribution in [0.15, 0.2) is 12.1 Å². The van der Waals surface area contributed by atoms with Crippen molar-refractivity contribution in [1.29, 1.82) is 0 Å². The fraction of sp³-hybridized carbons (Fsp3) is 0.364. The monoisotopic (exact) mass is 290 g/mol. The molecule has 0 fully saturated rings. The molecular formula is C11H15ClN2O3S. The Balaban J connectivity index is 2.76. The number of halogens is 1. The van der Waals surface area contributed by atoms with Gasteiger partial charge in [0.15, 0.2) is 0 Å². The molecule has 5 nitrogen and oxygen atoms in total. The highest BCUT2D eigenvalue weighted by atomic mass is 35.5. The van der Waals surface area contributed by atoms with Crippen LogP contribution in [0.3, 0.4) is 0 Å². The molecule has 7 heteroatoms. The van der Waals surface area contributed by atoms with Gasteiger partial charge in [-0.05, 0) is 37.1 Å². The lowest BCUT2D eigenvalue weighted by molar-refractivity contribution is 0.0956. The zero-order chi connectivity index (χ0) is 13.9. The minimum atomic E-state index is -3.57. The number of carbonyl (C=O) groups excluding carboxylic acids is 1. The second kappa shape index (κ2) is 5.69. The molecule has 0 spiro atoms. The summed E-state index contributed by atoms with van der Waals surface area (Å²) < 4.78 is 21.4. The highest BCUT2D eigenvalue weighted by Gasteiger charge is 2.12. The molecule has 0 aliphatic heterocycles. The summed E-state index contributed by atoms with van der Waals surface area (Å²) in [5.74, 6) is -0.715. The number of aryl methyl sites for hydroxylation is 2. The van der Waals surface area contributed by atoms with Crippen LogP contribution in [-0.2, 0) is 10.0 Å². The second-order valence-corrected chi connectivity index (χ2v) is 6.18. The van der Waals surface area contributed by atoms with Crippen molar-refractivity contribution < 1.29 is 13.2 Å². The largest absolute Gasteiger partial charge is 0.351 e. The standard InChI is InChI=1S/C11H15ClN2O3S/c1-7-5-9(10(12)6-8(7)2)11(15)14-3-4-18(13,16)17/h5-6H,3-4H2,1-2H3,(H,14,15)(H2,13,16,17). The van der Waals surface area contributed by atoms with Gasteiger partial charge in [0.2, 0.25) is 10.0 Å². The summed E-state index contributed by atoms with van der Waals surface area (Å²) in [5, 5.41) is 7.63. The smallest absolute Gasteiger partial charge is 0.252 e. The number of rotatable bonds is 4. The molecule has 0 atom stereocenters. The molecule has 1 amide bonds. The molecule has 0 heterocycles. The van der Waals surface area contributed by atoms with Crippen molar-refractivity contribution in [1.82, 2.24) is 5.32 Å². The van der Waals surface area contributed by atoms with Crippen LogP contribution in [0.5, 0.6) is 0 Å². The Morgan fingerprint density at radius 2 is 1.89 bits per heavy atom. The first-order chi connectivity index (χ1) is 8.20. The molecule has 0 bridgehead atoms. The van der Waals surface area contributed by atoms with Gasteiger partial charge in [-0.1, -0.05) is 11.6 Å². The van der Waals surface area contributed by atoms with Crippen molar-refractivity contribution in [3.8, 4) is 0 Å². The Morgan fingerprint density at radius 3 is 2.44 bits per heavy atom. The Hall–Kier alpha value is -1.11. The lowest BCUT2D eigenvalue weighted by Gasteiger charge is -2.09.